The Morgan fingerprint density at radius 3 is 2.31 bits per heavy atom. The molecule has 1 saturated heterocycles. The van der Waals surface area contributed by atoms with Gasteiger partial charge in [0.2, 0.25) is 0 Å². The van der Waals surface area contributed by atoms with Gasteiger partial charge >= 0.3 is 12.1 Å². The average Bonchev–Trinajstić information content (AvgIpc) is 2.71. The lowest BCUT2D eigenvalue weighted by Crippen LogP contribution is -2.65. The number of carbonyl (C=O) groups is 2. The van der Waals surface area contributed by atoms with Crippen LogP contribution in [0.2, 0.25) is 5.02 Å². The van der Waals surface area contributed by atoms with Crippen LogP contribution < -0.4 is 4.74 Å². The maximum Gasteiger partial charge on any atom is 0.444 e. The Morgan fingerprint density at radius 2 is 1.79 bits per heavy atom. The summed E-state index contributed by atoms with van der Waals surface area (Å²) in [6, 6.07) is 13.3. The summed E-state index contributed by atoms with van der Waals surface area (Å²) in [6.07, 6.45) is -0.786. The first-order valence-electron chi connectivity index (χ1n) is 8.69. The van der Waals surface area contributed by atoms with Crippen molar-refractivity contribution in [2.75, 3.05) is 25.7 Å². The number of ether oxygens (including phenoxy) is 3. The first-order chi connectivity index (χ1) is 14.0. The Morgan fingerprint density at radius 1 is 1.14 bits per heavy atom. The molecule has 0 bridgehead atoms. The fourth-order valence-corrected chi connectivity index (χ4v) is 3.24. The molecule has 0 N–H and O–H groups in total. The van der Waals surface area contributed by atoms with Gasteiger partial charge in [-0.1, -0.05) is 39.7 Å². The number of nitrogens with zero attached hydrogens (tertiary/aromatic N) is 1. The van der Waals surface area contributed by atoms with E-state index in [4.69, 9.17) is 30.6 Å². The molecule has 1 heterocycles. The standard InChI is InChI=1S/C20H19BrClNO6/c1-26-17-8-2-14(3-9-17)10-28-19(25)23(20(11-21)12-27-13-20)29-18(24)15-4-6-16(22)7-5-15/h2-9H,10-13H2,1H3. The Balaban J connectivity index is 1.71. The molecule has 0 aliphatic carbocycles. The van der Waals surface area contributed by atoms with Gasteiger partial charge in [-0.15, -0.1) is 5.06 Å². The molecule has 1 aliphatic rings. The summed E-state index contributed by atoms with van der Waals surface area (Å²) < 4.78 is 15.7. The highest BCUT2D eigenvalue weighted by molar-refractivity contribution is 9.09. The van der Waals surface area contributed by atoms with Crippen molar-refractivity contribution in [1.82, 2.24) is 5.06 Å². The van der Waals surface area contributed by atoms with Crippen LogP contribution in [0.25, 0.3) is 0 Å². The number of carbonyl (C=O) groups excluding carboxylic acids is 2. The second-order valence-corrected chi connectivity index (χ2v) is 7.43. The lowest BCUT2D eigenvalue weighted by Gasteiger charge is -2.45. The van der Waals surface area contributed by atoms with Crippen molar-refractivity contribution in [2.45, 2.75) is 12.1 Å². The van der Waals surface area contributed by atoms with Crippen LogP contribution in [0.4, 0.5) is 4.79 Å². The van der Waals surface area contributed by atoms with E-state index in [0.717, 1.165) is 10.6 Å². The molecular formula is C20H19BrClNO6. The van der Waals surface area contributed by atoms with E-state index in [1.165, 1.54) is 12.1 Å². The molecule has 0 saturated carbocycles. The van der Waals surface area contributed by atoms with E-state index >= 15 is 0 Å². The normalized spacial score (nSPS) is 14.4. The third kappa shape index (κ3) is 5.01. The highest BCUT2D eigenvalue weighted by Crippen LogP contribution is 2.29. The van der Waals surface area contributed by atoms with Crippen molar-refractivity contribution in [3.05, 3.63) is 64.7 Å². The predicted octanol–water partition coefficient (Wildman–Crippen LogP) is 4.22. The summed E-state index contributed by atoms with van der Waals surface area (Å²) in [6.45, 7) is 0.435. The first kappa shape index (κ1) is 21.4. The highest BCUT2D eigenvalue weighted by Gasteiger charge is 2.50. The largest absolute Gasteiger partial charge is 0.497 e. The van der Waals surface area contributed by atoms with Crippen LogP contribution >= 0.6 is 27.5 Å². The van der Waals surface area contributed by atoms with Gasteiger partial charge in [0.1, 0.15) is 17.9 Å². The molecule has 154 valence electrons. The average molecular weight is 485 g/mol. The number of hydrogen-bond donors (Lipinski definition) is 0. The number of hydrogen-bond acceptors (Lipinski definition) is 6. The van der Waals surface area contributed by atoms with Gasteiger partial charge < -0.3 is 19.0 Å². The minimum absolute atomic E-state index is 0.0110. The van der Waals surface area contributed by atoms with E-state index in [1.807, 2.05) is 0 Å². The van der Waals surface area contributed by atoms with Gasteiger partial charge in [0, 0.05) is 10.4 Å². The smallest absolute Gasteiger partial charge is 0.444 e. The van der Waals surface area contributed by atoms with Gasteiger partial charge in [-0.2, -0.15) is 0 Å². The van der Waals surface area contributed by atoms with Crippen LogP contribution in [-0.4, -0.2) is 48.3 Å². The maximum atomic E-state index is 12.8. The van der Waals surface area contributed by atoms with Gasteiger partial charge in [-0.25, -0.2) is 9.59 Å². The van der Waals surface area contributed by atoms with Crippen LogP contribution in [0.3, 0.4) is 0 Å². The quantitative estimate of drug-likeness (QED) is 0.451. The number of methoxy groups -OCH3 is 1. The number of benzene rings is 2. The van der Waals surface area contributed by atoms with Crippen LogP contribution in [0.15, 0.2) is 48.5 Å². The SMILES string of the molecule is COc1ccc(COC(=O)N(OC(=O)c2ccc(Cl)cc2)C2(CBr)COC2)cc1. The summed E-state index contributed by atoms with van der Waals surface area (Å²) in [4.78, 5) is 30.7. The maximum absolute atomic E-state index is 12.8. The molecule has 0 atom stereocenters. The van der Waals surface area contributed by atoms with Crippen molar-refractivity contribution in [3.63, 3.8) is 0 Å². The van der Waals surface area contributed by atoms with Crippen LogP contribution in [0.1, 0.15) is 15.9 Å². The fraction of sp³-hybridized carbons (Fsp3) is 0.300. The molecule has 1 fully saturated rings. The summed E-state index contributed by atoms with van der Waals surface area (Å²) in [5, 5.41) is 1.79. The van der Waals surface area contributed by atoms with E-state index < -0.39 is 17.6 Å². The molecule has 29 heavy (non-hydrogen) atoms. The summed E-state index contributed by atoms with van der Waals surface area (Å²) in [5.41, 5.74) is 0.187. The molecule has 7 nitrogen and oxygen atoms in total. The molecule has 0 unspecified atom stereocenters. The van der Waals surface area contributed by atoms with Gasteiger partial charge in [-0.3, -0.25) is 0 Å². The minimum atomic E-state index is -0.834. The van der Waals surface area contributed by atoms with Gasteiger partial charge in [-0.05, 0) is 42.0 Å². The van der Waals surface area contributed by atoms with Crippen molar-refractivity contribution in [3.8, 4) is 5.75 Å². The monoisotopic (exact) mass is 483 g/mol. The summed E-state index contributed by atoms with van der Waals surface area (Å²) in [5.74, 6) is -0.00116. The number of hydroxylamine groups is 2. The van der Waals surface area contributed by atoms with Crippen molar-refractivity contribution in [1.29, 1.82) is 0 Å². The molecular weight excluding hydrogens is 466 g/mol. The summed E-state index contributed by atoms with van der Waals surface area (Å²) in [7, 11) is 1.57. The molecule has 2 aromatic carbocycles. The van der Waals surface area contributed by atoms with E-state index in [1.54, 1.807) is 43.5 Å². The van der Waals surface area contributed by atoms with Gasteiger partial charge in [0.25, 0.3) is 0 Å². The molecule has 2 aromatic rings. The lowest BCUT2D eigenvalue weighted by atomic mass is 10.0. The third-order valence-electron chi connectivity index (χ3n) is 4.36. The third-order valence-corrected chi connectivity index (χ3v) is 5.66. The molecule has 9 heteroatoms. The molecule has 0 spiro atoms. The molecule has 0 aromatic heterocycles. The highest BCUT2D eigenvalue weighted by atomic mass is 79.9. The van der Waals surface area contributed by atoms with Crippen LogP contribution in [-0.2, 0) is 20.9 Å². The van der Waals surface area contributed by atoms with E-state index in [-0.39, 0.29) is 25.4 Å². The first-order valence-corrected chi connectivity index (χ1v) is 10.2. The minimum Gasteiger partial charge on any atom is -0.497 e. The number of amides is 1. The number of rotatable bonds is 6. The Bertz CT molecular complexity index is 849. The number of halogens is 2. The predicted molar refractivity (Wildman–Crippen MR) is 109 cm³/mol. The van der Waals surface area contributed by atoms with Crippen molar-refractivity contribution >= 4 is 39.6 Å². The van der Waals surface area contributed by atoms with Crippen molar-refractivity contribution < 1.29 is 28.6 Å². The summed E-state index contributed by atoms with van der Waals surface area (Å²) >= 11 is 9.22. The molecule has 1 aliphatic heterocycles. The van der Waals surface area contributed by atoms with E-state index in [2.05, 4.69) is 15.9 Å². The zero-order chi connectivity index (χ0) is 20.9. The zero-order valence-corrected chi connectivity index (χ0v) is 17.9. The zero-order valence-electron chi connectivity index (χ0n) is 15.6. The topological polar surface area (TPSA) is 74.3 Å². The number of alkyl halides is 1. The fourth-order valence-electron chi connectivity index (χ4n) is 2.56. The van der Waals surface area contributed by atoms with Crippen LogP contribution in [0, 0.1) is 0 Å². The van der Waals surface area contributed by atoms with Crippen LogP contribution in [0.5, 0.6) is 5.75 Å². The Kier molecular flexibility index (Phi) is 7.00. The second-order valence-electron chi connectivity index (χ2n) is 6.43. The van der Waals surface area contributed by atoms with Crippen molar-refractivity contribution in [2.24, 2.45) is 0 Å². The molecule has 1 amide bonds. The van der Waals surface area contributed by atoms with Gasteiger partial charge in [0.15, 0.2) is 0 Å². The lowest BCUT2D eigenvalue weighted by molar-refractivity contribution is -0.225. The van der Waals surface area contributed by atoms with E-state index in [0.29, 0.717) is 16.1 Å². The molecule has 3 rings (SSSR count). The molecule has 0 radical (unpaired) electrons. The Labute approximate surface area is 181 Å². The Hall–Kier alpha value is -2.29. The van der Waals surface area contributed by atoms with E-state index in [9.17, 15) is 9.59 Å². The second kappa shape index (κ2) is 9.47. The van der Waals surface area contributed by atoms with Gasteiger partial charge in [0.05, 0.1) is 25.9 Å².